The van der Waals surface area contributed by atoms with E-state index in [2.05, 4.69) is 35.9 Å². The quantitative estimate of drug-likeness (QED) is 0.526. The van der Waals surface area contributed by atoms with Crippen molar-refractivity contribution in [3.8, 4) is 11.5 Å². The summed E-state index contributed by atoms with van der Waals surface area (Å²) in [7, 11) is 2.17. The molecule has 0 saturated carbocycles. The standard InChI is InChI=1S/C28H30F2N2O2/c1-28(18-20-3-12-25-26(17-20)34-16-15-33-25)19-32(14-13-31(28)2)27(21-4-8-23(29)9-5-21)22-6-10-24(30)11-7-22/h3-12,17,27H,13-16,18-19H2,1-2H3. The molecule has 0 aromatic heterocycles. The lowest BCUT2D eigenvalue weighted by atomic mass is 9.86. The maximum atomic E-state index is 13.7. The molecule has 0 amide bonds. The van der Waals surface area contributed by atoms with E-state index in [1.807, 2.05) is 30.3 Å². The summed E-state index contributed by atoms with van der Waals surface area (Å²) in [6.45, 7) is 5.97. The van der Waals surface area contributed by atoms with Gasteiger partial charge < -0.3 is 9.47 Å². The molecule has 0 bridgehead atoms. The van der Waals surface area contributed by atoms with Crippen molar-refractivity contribution < 1.29 is 18.3 Å². The van der Waals surface area contributed by atoms with Gasteiger partial charge >= 0.3 is 0 Å². The Hall–Kier alpha value is -2.96. The van der Waals surface area contributed by atoms with Crippen molar-refractivity contribution in [3.63, 3.8) is 0 Å². The number of rotatable bonds is 5. The number of halogens is 2. The van der Waals surface area contributed by atoms with Crippen molar-refractivity contribution in [1.82, 2.24) is 9.80 Å². The van der Waals surface area contributed by atoms with E-state index in [4.69, 9.17) is 9.47 Å². The number of benzene rings is 3. The third-order valence-corrected chi connectivity index (χ3v) is 7.12. The van der Waals surface area contributed by atoms with E-state index in [0.717, 1.165) is 48.7 Å². The first-order valence-electron chi connectivity index (χ1n) is 11.8. The van der Waals surface area contributed by atoms with Gasteiger partial charge in [0, 0.05) is 25.2 Å². The highest BCUT2D eigenvalue weighted by molar-refractivity contribution is 5.44. The van der Waals surface area contributed by atoms with Crippen LogP contribution in [0.2, 0.25) is 0 Å². The minimum atomic E-state index is -0.261. The molecule has 0 radical (unpaired) electrons. The van der Waals surface area contributed by atoms with Crippen LogP contribution >= 0.6 is 0 Å². The Labute approximate surface area is 199 Å². The Morgan fingerprint density at radius 3 is 2.03 bits per heavy atom. The number of hydrogen-bond acceptors (Lipinski definition) is 4. The zero-order valence-electron chi connectivity index (χ0n) is 19.6. The van der Waals surface area contributed by atoms with Gasteiger partial charge in [-0.15, -0.1) is 0 Å². The summed E-state index contributed by atoms with van der Waals surface area (Å²) in [6.07, 6.45) is 0.843. The Kier molecular flexibility index (Phi) is 6.28. The van der Waals surface area contributed by atoms with Crippen LogP contribution in [0, 0.1) is 11.6 Å². The molecule has 1 saturated heterocycles. The van der Waals surface area contributed by atoms with Crippen LogP contribution in [0.25, 0.3) is 0 Å². The van der Waals surface area contributed by atoms with E-state index in [-0.39, 0.29) is 23.2 Å². The van der Waals surface area contributed by atoms with Crippen LogP contribution in [-0.2, 0) is 6.42 Å². The number of fused-ring (bicyclic) bond motifs is 1. The van der Waals surface area contributed by atoms with Gasteiger partial charge in [-0.3, -0.25) is 9.80 Å². The lowest BCUT2D eigenvalue weighted by Crippen LogP contribution is -2.60. The minimum Gasteiger partial charge on any atom is -0.486 e. The van der Waals surface area contributed by atoms with Gasteiger partial charge in [0.25, 0.3) is 0 Å². The normalized spacial score (nSPS) is 21.1. The van der Waals surface area contributed by atoms with Crippen LogP contribution in [0.5, 0.6) is 11.5 Å². The Morgan fingerprint density at radius 2 is 1.41 bits per heavy atom. The SMILES string of the molecule is CN1CCN(C(c2ccc(F)cc2)c2ccc(F)cc2)CC1(C)Cc1ccc2c(c1)OCCO2. The van der Waals surface area contributed by atoms with Crippen molar-refractivity contribution >= 4 is 0 Å². The van der Waals surface area contributed by atoms with Crippen LogP contribution in [-0.4, -0.2) is 55.2 Å². The van der Waals surface area contributed by atoms with Gasteiger partial charge in [0.15, 0.2) is 11.5 Å². The maximum absolute atomic E-state index is 13.7. The first-order valence-corrected chi connectivity index (χ1v) is 11.8. The van der Waals surface area contributed by atoms with Crippen molar-refractivity contribution in [2.45, 2.75) is 24.9 Å². The Morgan fingerprint density at radius 1 is 0.824 bits per heavy atom. The Bertz CT molecular complexity index is 1090. The van der Waals surface area contributed by atoms with Gasteiger partial charge in [0.2, 0.25) is 0 Å². The molecule has 1 unspecified atom stereocenters. The molecule has 3 aromatic carbocycles. The monoisotopic (exact) mass is 464 g/mol. The number of likely N-dealkylation sites (N-methyl/N-ethyl adjacent to an activating group) is 1. The van der Waals surface area contributed by atoms with Crippen molar-refractivity contribution in [1.29, 1.82) is 0 Å². The van der Waals surface area contributed by atoms with Gasteiger partial charge in [-0.25, -0.2) is 8.78 Å². The molecule has 3 aromatic rings. The van der Waals surface area contributed by atoms with E-state index in [9.17, 15) is 8.78 Å². The van der Waals surface area contributed by atoms with Crippen LogP contribution in [0.15, 0.2) is 66.7 Å². The molecule has 4 nitrogen and oxygen atoms in total. The predicted molar refractivity (Wildman–Crippen MR) is 128 cm³/mol. The number of nitrogens with zero attached hydrogens (tertiary/aromatic N) is 2. The van der Waals surface area contributed by atoms with E-state index >= 15 is 0 Å². The Balaban J connectivity index is 1.44. The molecule has 0 N–H and O–H groups in total. The average Bonchev–Trinajstić information content (AvgIpc) is 2.84. The minimum absolute atomic E-state index is 0.0884. The molecule has 0 spiro atoms. The fourth-order valence-electron chi connectivity index (χ4n) is 5.14. The molecular weight excluding hydrogens is 434 g/mol. The third kappa shape index (κ3) is 4.65. The molecule has 1 atom stereocenters. The summed E-state index contributed by atoms with van der Waals surface area (Å²) in [6, 6.07) is 19.4. The maximum Gasteiger partial charge on any atom is 0.161 e. The number of ether oxygens (including phenoxy) is 2. The van der Waals surface area contributed by atoms with Gasteiger partial charge in [0.1, 0.15) is 24.8 Å². The first kappa shape index (κ1) is 22.8. The summed E-state index contributed by atoms with van der Waals surface area (Å²) >= 11 is 0. The van der Waals surface area contributed by atoms with Crippen molar-refractivity contribution in [2.24, 2.45) is 0 Å². The molecule has 1 fully saturated rings. The highest BCUT2D eigenvalue weighted by Gasteiger charge is 2.39. The van der Waals surface area contributed by atoms with Crippen LogP contribution < -0.4 is 9.47 Å². The molecule has 2 aliphatic heterocycles. The largest absolute Gasteiger partial charge is 0.486 e. The van der Waals surface area contributed by atoms with Gasteiger partial charge in [-0.05, 0) is 73.5 Å². The summed E-state index contributed by atoms with van der Waals surface area (Å²) in [5.74, 6) is 1.08. The molecule has 0 aliphatic carbocycles. The van der Waals surface area contributed by atoms with Crippen molar-refractivity contribution in [3.05, 3.63) is 95.1 Å². The summed E-state index contributed by atoms with van der Waals surface area (Å²) in [5, 5.41) is 0. The third-order valence-electron chi connectivity index (χ3n) is 7.12. The fraction of sp³-hybridized carbons (Fsp3) is 0.357. The van der Waals surface area contributed by atoms with Crippen LogP contribution in [0.3, 0.4) is 0 Å². The molecule has 2 heterocycles. The van der Waals surface area contributed by atoms with Crippen molar-refractivity contribution in [2.75, 3.05) is 39.9 Å². The number of hydrogen-bond donors (Lipinski definition) is 0. The zero-order valence-corrected chi connectivity index (χ0v) is 19.6. The summed E-state index contributed by atoms with van der Waals surface area (Å²) in [5.41, 5.74) is 3.05. The number of piperazine rings is 1. The van der Waals surface area contributed by atoms with E-state index in [1.165, 1.54) is 29.8 Å². The predicted octanol–water partition coefficient (Wildman–Crippen LogP) is 5.07. The van der Waals surface area contributed by atoms with E-state index in [1.54, 1.807) is 0 Å². The van der Waals surface area contributed by atoms with Gasteiger partial charge in [0.05, 0.1) is 6.04 Å². The fourth-order valence-corrected chi connectivity index (χ4v) is 5.14. The molecule has 6 heteroatoms. The average molecular weight is 465 g/mol. The van der Waals surface area contributed by atoms with E-state index in [0.29, 0.717) is 13.2 Å². The lowest BCUT2D eigenvalue weighted by molar-refractivity contribution is 0.0133. The zero-order chi connectivity index (χ0) is 23.7. The first-order chi connectivity index (χ1) is 16.4. The summed E-state index contributed by atoms with van der Waals surface area (Å²) < 4.78 is 38.9. The lowest BCUT2D eigenvalue weighted by Gasteiger charge is -2.50. The molecule has 178 valence electrons. The van der Waals surface area contributed by atoms with Gasteiger partial charge in [-0.2, -0.15) is 0 Å². The highest BCUT2D eigenvalue weighted by atomic mass is 19.1. The molecule has 34 heavy (non-hydrogen) atoms. The van der Waals surface area contributed by atoms with Gasteiger partial charge in [-0.1, -0.05) is 30.3 Å². The topological polar surface area (TPSA) is 24.9 Å². The smallest absolute Gasteiger partial charge is 0.161 e. The van der Waals surface area contributed by atoms with Crippen LogP contribution in [0.1, 0.15) is 29.7 Å². The second-order valence-electron chi connectivity index (χ2n) is 9.55. The second-order valence-corrected chi connectivity index (χ2v) is 9.55. The molecule has 2 aliphatic rings. The second kappa shape index (κ2) is 9.35. The van der Waals surface area contributed by atoms with E-state index < -0.39 is 0 Å². The molecular formula is C28H30F2N2O2. The highest BCUT2D eigenvalue weighted by Crippen LogP contribution is 2.36. The summed E-state index contributed by atoms with van der Waals surface area (Å²) in [4.78, 5) is 4.84. The molecule has 5 rings (SSSR count). The van der Waals surface area contributed by atoms with Crippen LogP contribution in [0.4, 0.5) is 8.78 Å².